The molecule has 156 valence electrons. The van der Waals surface area contributed by atoms with Gasteiger partial charge in [-0.3, -0.25) is 9.59 Å². The van der Waals surface area contributed by atoms with Gasteiger partial charge in [-0.25, -0.2) is 13.7 Å². The van der Waals surface area contributed by atoms with E-state index in [1.54, 1.807) is 24.3 Å². The second-order valence-corrected chi connectivity index (χ2v) is 7.26. The molecule has 0 aromatic heterocycles. The summed E-state index contributed by atoms with van der Waals surface area (Å²) in [4.78, 5) is 31.5. The summed E-state index contributed by atoms with van der Waals surface area (Å²) in [6.07, 6.45) is 0. The fraction of sp³-hybridized carbons (Fsp3) is 0.273. The van der Waals surface area contributed by atoms with Crippen molar-refractivity contribution in [3.05, 3.63) is 65.4 Å². The van der Waals surface area contributed by atoms with Crippen LogP contribution in [0.3, 0.4) is 0 Å². The van der Waals surface area contributed by atoms with E-state index in [0.29, 0.717) is 42.4 Å². The predicted molar refractivity (Wildman–Crippen MR) is 108 cm³/mol. The Morgan fingerprint density at radius 3 is 2.33 bits per heavy atom. The number of likely N-dealkylation sites (N-methyl/N-ethyl adjacent to an activating group) is 1. The normalized spacial score (nSPS) is 17.9. The highest BCUT2D eigenvalue weighted by Crippen LogP contribution is 2.39. The molecule has 0 bridgehead atoms. The Hall–Kier alpha value is -3.26. The largest absolute Gasteiger partial charge is 0.496 e. The molecule has 1 fully saturated rings. The van der Waals surface area contributed by atoms with Gasteiger partial charge in [-0.1, -0.05) is 18.2 Å². The first-order valence-electron chi connectivity index (χ1n) is 9.57. The van der Waals surface area contributed by atoms with E-state index in [1.165, 1.54) is 7.11 Å². The monoisotopic (exact) mass is 413 g/mol. The summed E-state index contributed by atoms with van der Waals surface area (Å²) in [5.41, 5.74) is 0.347. The van der Waals surface area contributed by atoms with Crippen molar-refractivity contribution in [2.24, 2.45) is 0 Å². The Kier molecular flexibility index (Phi) is 5.26. The minimum Gasteiger partial charge on any atom is -0.496 e. The van der Waals surface area contributed by atoms with Crippen LogP contribution < -0.4 is 9.64 Å². The van der Waals surface area contributed by atoms with Crippen molar-refractivity contribution in [2.75, 3.05) is 45.2 Å². The van der Waals surface area contributed by atoms with Gasteiger partial charge in [0.15, 0.2) is 0 Å². The van der Waals surface area contributed by atoms with Gasteiger partial charge in [-0.2, -0.15) is 0 Å². The summed E-state index contributed by atoms with van der Waals surface area (Å²) in [6.45, 7) is 2.48. The number of para-hydroxylation sites is 1. The summed E-state index contributed by atoms with van der Waals surface area (Å²) < 4.78 is 33.7. The van der Waals surface area contributed by atoms with E-state index >= 15 is 0 Å². The van der Waals surface area contributed by atoms with E-state index in [0.717, 1.165) is 18.2 Å². The molecule has 8 heteroatoms. The summed E-state index contributed by atoms with van der Waals surface area (Å²) in [5, 5.41) is 0. The zero-order valence-corrected chi connectivity index (χ0v) is 16.7. The van der Waals surface area contributed by atoms with Crippen LogP contribution in [0.1, 0.15) is 5.56 Å². The van der Waals surface area contributed by atoms with Crippen molar-refractivity contribution in [1.29, 1.82) is 0 Å². The lowest BCUT2D eigenvalue weighted by atomic mass is 10.0. The van der Waals surface area contributed by atoms with E-state index in [1.807, 2.05) is 11.9 Å². The van der Waals surface area contributed by atoms with Gasteiger partial charge in [0.2, 0.25) is 0 Å². The number of piperazine rings is 1. The molecule has 2 heterocycles. The van der Waals surface area contributed by atoms with Gasteiger partial charge >= 0.3 is 0 Å². The maximum atomic E-state index is 14.5. The highest BCUT2D eigenvalue weighted by Gasteiger charge is 2.44. The third-order valence-corrected chi connectivity index (χ3v) is 5.40. The van der Waals surface area contributed by atoms with E-state index in [4.69, 9.17) is 4.74 Å². The van der Waals surface area contributed by atoms with Crippen LogP contribution >= 0.6 is 0 Å². The fourth-order valence-corrected chi connectivity index (χ4v) is 3.81. The van der Waals surface area contributed by atoms with Gasteiger partial charge in [-0.15, -0.1) is 0 Å². The lowest BCUT2D eigenvalue weighted by Gasteiger charge is -2.34. The Morgan fingerprint density at radius 1 is 0.933 bits per heavy atom. The number of methoxy groups -OCH3 is 1. The van der Waals surface area contributed by atoms with Crippen LogP contribution in [0.2, 0.25) is 0 Å². The van der Waals surface area contributed by atoms with Crippen LogP contribution in [0, 0.1) is 11.6 Å². The average Bonchev–Trinajstić information content (AvgIpc) is 3.00. The third kappa shape index (κ3) is 3.33. The molecule has 0 N–H and O–H groups in total. The van der Waals surface area contributed by atoms with Crippen molar-refractivity contribution in [2.45, 2.75) is 0 Å². The van der Waals surface area contributed by atoms with Gasteiger partial charge in [0.25, 0.3) is 11.8 Å². The molecule has 2 aromatic carbocycles. The van der Waals surface area contributed by atoms with Gasteiger partial charge in [-0.05, 0) is 25.2 Å². The number of amides is 2. The number of benzene rings is 2. The van der Waals surface area contributed by atoms with Gasteiger partial charge in [0, 0.05) is 37.8 Å². The van der Waals surface area contributed by atoms with Crippen molar-refractivity contribution in [3.8, 4) is 5.75 Å². The number of anilines is 1. The van der Waals surface area contributed by atoms with Crippen LogP contribution in [0.25, 0.3) is 5.57 Å². The summed E-state index contributed by atoms with van der Waals surface area (Å²) in [7, 11) is 3.45. The van der Waals surface area contributed by atoms with Gasteiger partial charge < -0.3 is 14.5 Å². The van der Waals surface area contributed by atoms with E-state index in [-0.39, 0.29) is 11.3 Å². The van der Waals surface area contributed by atoms with E-state index in [2.05, 4.69) is 4.90 Å². The topological polar surface area (TPSA) is 53.1 Å². The molecule has 2 aromatic rings. The molecule has 2 aliphatic rings. The predicted octanol–water partition coefficient (Wildman–Crippen LogP) is 2.51. The van der Waals surface area contributed by atoms with Crippen molar-refractivity contribution >= 4 is 23.1 Å². The summed E-state index contributed by atoms with van der Waals surface area (Å²) >= 11 is 0. The van der Waals surface area contributed by atoms with Crippen LogP contribution in [-0.4, -0.2) is 62.0 Å². The first kappa shape index (κ1) is 20.0. The fourth-order valence-electron chi connectivity index (χ4n) is 3.81. The zero-order valence-electron chi connectivity index (χ0n) is 16.7. The number of nitrogens with zero attached hydrogens (tertiary/aromatic N) is 3. The number of hydrogen-bond donors (Lipinski definition) is 0. The molecule has 2 amide bonds. The number of imide groups is 1. The highest BCUT2D eigenvalue weighted by atomic mass is 19.1. The van der Waals surface area contributed by atoms with Crippen LogP contribution in [0.5, 0.6) is 5.75 Å². The molecular weight excluding hydrogens is 392 g/mol. The van der Waals surface area contributed by atoms with Crippen LogP contribution in [0.4, 0.5) is 14.5 Å². The smallest absolute Gasteiger partial charge is 0.282 e. The second kappa shape index (κ2) is 7.87. The average molecular weight is 413 g/mol. The maximum absolute atomic E-state index is 14.5. The molecular formula is C22H21F2N3O3. The first-order chi connectivity index (χ1) is 14.4. The van der Waals surface area contributed by atoms with Gasteiger partial charge in [0.1, 0.15) is 23.1 Å². The standard InChI is InChI=1S/C22H21F2N3O3/c1-25-9-11-26(12-10-25)20-19(15-5-3-4-6-18(15)30-2)21(28)27(22(20)29)17-13-14(23)7-8-16(17)24/h3-8,13H,9-12H2,1-2H3. The molecule has 0 unspecified atom stereocenters. The molecule has 30 heavy (non-hydrogen) atoms. The number of carbonyl (C=O) groups excluding carboxylic acids is 2. The molecule has 0 atom stereocenters. The van der Waals surface area contributed by atoms with Gasteiger partial charge in [0.05, 0.1) is 18.4 Å². The summed E-state index contributed by atoms with van der Waals surface area (Å²) in [5.74, 6) is -2.55. The SMILES string of the molecule is COc1ccccc1C1=C(N2CCN(C)CC2)C(=O)N(c2cc(F)ccc2F)C1=O. The molecule has 2 aliphatic heterocycles. The number of ether oxygens (including phenoxy) is 1. The third-order valence-electron chi connectivity index (χ3n) is 5.40. The number of carbonyl (C=O) groups is 2. The Bertz CT molecular complexity index is 1050. The molecule has 1 saturated heterocycles. The molecule has 0 aliphatic carbocycles. The lowest BCUT2D eigenvalue weighted by molar-refractivity contribution is -0.120. The van der Waals surface area contributed by atoms with Crippen LogP contribution in [0.15, 0.2) is 48.2 Å². The van der Waals surface area contributed by atoms with E-state index < -0.39 is 29.1 Å². The number of halogens is 2. The molecule has 0 radical (unpaired) electrons. The van der Waals surface area contributed by atoms with Crippen molar-refractivity contribution in [1.82, 2.24) is 9.80 Å². The number of rotatable bonds is 4. The molecule has 6 nitrogen and oxygen atoms in total. The minimum absolute atomic E-state index is 0.130. The van der Waals surface area contributed by atoms with Crippen molar-refractivity contribution in [3.63, 3.8) is 0 Å². The maximum Gasteiger partial charge on any atom is 0.282 e. The Morgan fingerprint density at radius 2 is 1.63 bits per heavy atom. The molecule has 4 rings (SSSR count). The summed E-state index contributed by atoms with van der Waals surface area (Å²) in [6, 6.07) is 9.56. The minimum atomic E-state index is -0.850. The highest BCUT2D eigenvalue weighted by molar-refractivity contribution is 6.45. The zero-order chi connectivity index (χ0) is 21.4. The van der Waals surface area contributed by atoms with Crippen molar-refractivity contribution < 1.29 is 23.1 Å². The first-order valence-corrected chi connectivity index (χ1v) is 9.57. The lowest BCUT2D eigenvalue weighted by Crippen LogP contribution is -2.46. The second-order valence-electron chi connectivity index (χ2n) is 7.26. The molecule has 0 spiro atoms. The van der Waals surface area contributed by atoms with Crippen LogP contribution in [-0.2, 0) is 9.59 Å². The molecule has 0 saturated carbocycles. The quantitative estimate of drug-likeness (QED) is 0.721. The van der Waals surface area contributed by atoms with E-state index in [9.17, 15) is 18.4 Å². The Labute approximate surface area is 172 Å². The number of hydrogen-bond acceptors (Lipinski definition) is 5. The Balaban J connectivity index is 1.88.